The van der Waals surface area contributed by atoms with Crippen LogP contribution in [0.4, 0.5) is 0 Å². The van der Waals surface area contributed by atoms with Crippen molar-refractivity contribution in [3.8, 4) is 0 Å². The maximum atomic E-state index is 11.4. The highest BCUT2D eigenvalue weighted by Gasteiger charge is 2.14. The van der Waals surface area contributed by atoms with Crippen LogP contribution in [-0.4, -0.2) is 23.0 Å². The number of nitrogens with two attached hydrogens (primary N) is 1. The molecule has 5 nitrogen and oxygen atoms in total. The first-order valence-electron chi connectivity index (χ1n) is 4.87. The monoisotopic (exact) mass is 242 g/mol. The van der Waals surface area contributed by atoms with Gasteiger partial charge in [-0.2, -0.15) is 0 Å². The minimum Gasteiger partial charge on any atom is -0.481 e. The third-order valence-corrected chi connectivity index (χ3v) is 2.90. The first kappa shape index (κ1) is 12.7. The Morgan fingerprint density at radius 1 is 1.56 bits per heavy atom. The topological polar surface area (TPSA) is 92.4 Å². The molecule has 1 aromatic rings. The first-order chi connectivity index (χ1) is 7.59. The summed E-state index contributed by atoms with van der Waals surface area (Å²) in [5.74, 6) is -1.25. The Morgan fingerprint density at radius 3 is 2.88 bits per heavy atom. The Labute approximate surface area is 97.3 Å². The van der Waals surface area contributed by atoms with E-state index in [-0.39, 0.29) is 18.7 Å². The molecule has 1 atom stereocenters. The number of carboxylic acid groups (broad SMARTS) is 1. The summed E-state index contributed by atoms with van der Waals surface area (Å²) in [6, 6.07) is 3.06. The number of aliphatic carboxylic acids is 1. The lowest BCUT2D eigenvalue weighted by atomic mass is 10.1. The maximum Gasteiger partial charge on any atom is 0.303 e. The summed E-state index contributed by atoms with van der Waals surface area (Å²) in [5, 5.41) is 13.0. The van der Waals surface area contributed by atoms with Crippen LogP contribution in [0.1, 0.15) is 17.7 Å². The Balaban J connectivity index is 2.26. The lowest BCUT2D eigenvalue weighted by Crippen LogP contribution is -2.40. The molecule has 1 rings (SSSR count). The van der Waals surface area contributed by atoms with Crippen LogP contribution in [0, 0.1) is 0 Å². The van der Waals surface area contributed by atoms with E-state index in [1.54, 1.807) is 11.3 Å². The second-order valence-corrected chi connectivity index (χ2v) is 4.37. The number of nitrogens with one attached hydrogen (secondary N) is 1. The van der Waals surface area contributed by atoms with Crippen molar-refractivity contribution < 1.29 is 14.7 Å². The molecule has 1 unspecified atom stereocenters. The number of hydrogen-bond donors (Lipinski definition) is 3. The van der Waals surface area contributed by atoms with Crippen molar-refractivity contribution in [2.45, 2.75) is 25.4 Å². The fourth-order valence-electron chi connectivity index (χ4n) is 1.13. The van der Waals surface area contributed by atoms with Gasteiger partial charge in [-0.1, -0.05) is 6.07 Å². The number of amides is 1. The SMILES string of the molecule is NC(CCC(=O)O)C(=O)NCc1cccs1. The van der Waals surface area contributed by atoms with Crippen LogP contribution in [0.3, 0.4) is 0 Å². The number of thiophene rings is 1. The minimum atomic E-state index is -0.943. The van der Waals surface area contributed by atoms with E-state index in [9.17, 15) is 9.59 Å². The summed E-state index contributed by atoms with van der Waals surface area (Å²) in [4.78, 5) is 22.8. The molecule has 1 heterocycles. The molecule has 0 saturated heterocycles. The van der Waals surface area contributed by atoms with Gasteiger partial charge in [0.25, 0.3) is 0 Å². The van der Waals surface area contributed by atoms with Crippen molar-refractivity contribution >= 4 is 23.2 Å². The average molecular weight is 242 g/mol. The number of rotatable bonds is 6. The number of hydrogen-bond acceptors (Lipinski definition) is 4. The summed E-state index contributed by atoms with van der Waals surface area (Å²) in [6.07, 6.45) is 0.0686. The van der Waals surface area contributed by atoms with Crippen molar-refractivity contribution in [2.24, 2.45) is 5.73 Å². The summed E-state index contributed by atoms with van der Waals surface area (Å²) in [5.41, 5.74) is 5.53. The highest BCUT2D eigenvalue weighted by atomic mass is 32.1. The largest absolute Gasteiger partial charge is 0.481 e. The van der Waals surface area contributed by atoms with Crippen LogP contribution >= 0.6 is 11.3 Å². The van der Waals surface area contributed by atoms with E-state index in [0.717, 1.165) is 4.88 Å². The average Bonchev–Trinajstić information content (AvgIpc) is 2.75. The molecule has 1 aromatic heterocycles. The summed E-state index contributed by atoms with van der Waals surface area (Å²) in [7, 11) is 0. The van der Waals surface area contributed by atoms with Crippen LogP contribution in [0.5, 0.6) is 0 Å². The summed E-state index contributed by atoms with van der Waals surface area (Å²) < 4.78 is 0. The molecule has 0 bridgehead atoms. The third-order valence-electron chi connectivity index (χ3n) is 2.02. The molecule has 0 aliphatic heterocycles. The number of carbonyl (C=O) groups excluding carboxylic acids is 1. The van der Waals surface area contributed by atoms with Crippen molar-refractivity contribution in [2.75, 3.05) is 0 Å². The maximum absolute atomic E-state index is 11.4. The van der Waals surface area contributed by atoms with Gasteiger partial charge >= 0.3 is 5.97 Å². The van der Waals surface area contributed by atoms with Crippen molar-refractivity contribution in [1.29, 1.82) is 0 Å². The minimum absolute atomic E-state index is 0.0897. The predicted molar refractivity (Wildman–Crippen MR) is 61.0 cm³/mol. The van der Waals surface area contributed by atoms with Crippen LogP contribution in [0.25, 0.3) is 0 Å². The molecule has 0 aliphatic carbocycles. The van der Waals surface area contributed by atoms with E-state index in [1.165, 1.54) is 0 Å². The van der Waals surface area contributed by atoms with E-state index in [0.29, 0.717) is 6.54 Å². The Kier molecular flexibility index (Phi) is 4.94. The summed E-state index contributed by atoms with van der Waals surface area (Å²) >= 11 is 1.55. The molecule has 0 saturated carbocycles. The molecule has 0 spiro atoms. The van der Waals surface area contributed by atoms with Gasteiger partial charge in [-0.25, -0.2) is 0 Å². The Morgan fingerprint density at radius 2 is 2.31 bits per heavy atom. The molecular formula is C10H14N2O3S. The highest BCUT2D eigenvalue weighted by Crippen LogP contribution is 2.07. The molecule has 0 radical (unpaired) electrons. The van der Waals surface area contributed by atoms with Gasteiger partial charge in [-0.05, 0) is 17.9 Å². The molecule has 0 fully saturated rings. The third kappa shape index (κ3) is 4.41. The van der Waals surface area contributed by atoms with Crippen molar-refractivity contribution in [3.05, 3.63) is 22.4 Å². The predicted octanol–water partition coefficient (Wildman–Crippen LogP) is 0.556. The lowest BCUT2D eigenvalue weighted by molar-refractivity contribution is -0.137. The van der Waals surface area contributed by atoms with Gasteiger partial charge < -0.3 is 16.2 Å². The van der Waals surface area contributed by atoms with Gasteiger partial charge in [0.05, 0.1) is 12.6 Å². The lowest BCUT2D eigenvalue weighted by Gasteiger charge is -2.10. The second kappa shape index (κ2) is 6.24. The van der Waals surface area contributed by atoms with E-state index in [4.69, 9.17) is 10.8 Å². The van der Waals surface area contributed by atoms with Crippen LogP contribution < -0.4 is 11.1 Å². The number of carboxylic acids is 1. The van der Waals surface area contributed by atoms with E-state index >= 15 is 0 Å². The normalized spacial score (nSPS) is 12.1. The number of carbonyl (C=O) groups is 2. The highest BCUT2D eigenvalue weighted by molar-refractivity contribution is 7.09. The molecule has 0 aromatic carbocycles. The molecule has 1 amide bonds. The van der Waals surface area contributed by atoms with Gasteiger partial charge in [0.15, 0.2) is 0 Å². The Hall–Kier alpha value is -1.40. The first-order valence-corrected chi connectivity index (χ1v) is 5.75. The van der Waals surface area contributed by atoms with Crippen molar-refractivity contribution in [3.63, 3.8) is 0 Å². The quantitative estimate of drug-likeness (QED) is 0.679. The van der Waals surface area contributed by atoms with Crippen LogP contribution in [-0.2, 0) is 16.1 Å². The molecule has 16 heavy (non-hydrogen) atoms. The summed E-state index contributed by atoms with van der Waals surface area (Å²) in [6.45, 7) is 0.442. The molecule has 4 N–H and O–H groups in total. The smallest absolute Gasteiger partial charge is 0.303 e. The zero-order valence-corrected chi connectivity index (χ0v) is 9.50. The van der Waals surface area contributed by atoms with Crippen LogP contribution in [0.15, 0.2) is 17.5 Å². The van der Waals surface area contributed by atoms with Crippen LogP contribution in [0.2, 0.25) is 0 Å². The van der Waals surface area contributed by atoms with Crippen molar-refractivity contribution in [1.82, 2.24) is 5.32 Å². The van der Waals surface area contributed by atoms with Gasteiger partial charge in [0.2, 0.25) is 5.91 Å². The zero-order chi connectivity index (χ0) is 12.0. The van der Waals surface area contributed by atoms with E-state index in [2.05, 4.69) is 5.32 Å². The second-order valence-electron chi connectivity index (χ2n) is 3.34. The Bertz CT molecular complexity index is 351. The molecule has 6 heteroatoms. The zero-order valence-electron chi connectivity index (χ0n) is 8.68. The molecule has 0 aliphatic rings. The van der Waals surface area contributed by atoms with Gasteiger partial charge in [-0.3, -0.25) is 9.59 Å². The molecule has 88 valence electrons. The fraction of sp³-hybridized carbons (Fsp3) is 0.400. The standard InChI is InChI=1S/C10H14N2O3S/c11-8(3-4-9(13)14)10(15)12-6-7-2-1-5-16-7/h1-2,5,8H,3-4,6,11H2,(H,12,15)(H,13,14). The van der Waals surface area contributed by atoms with Gasteiger partial charge in [0, 0.05) is 11.3 Å². The van der Waals surface area contributed by atoms with Gasteiger partial charge in [0.1, 0.15) is 0 Å². The van der Waals surface area contributed by atoms with Gasteiger partial charge in [-0.15, -0.1) is 11.3 Å². The van der Waals surface area contributed by atoms with E-state index in [1.807, 2.05) is 17.5 Å². The fourth-order valence-corrected chi connectivity index (χ4v) is 1.77. The van der Waals surface area contributed by atoms with E-state index < -0.39 is 12.0 Å². The molecular weight excluding hydrogens is 228 g/mol.